The van der Waals surface area contributed by atoms with Crippen LogP contribution in [0.1, 0.15) is 49.3 Å². The Bertz CT molecular complexity index is 2730. The molecule has 0 aromatic heterocycles. The number of phenolic OH excluding ortho intramolecular Hbond substituents is 2. The lowest BCUT2D eigenvalue weighted by Crippen LogP contribution is -2.46. The number of para-hydroxylation sites is 4. The lowest BCUT2D eigenvalue weighted by molar-refractivity contribution is -0.120. The summed E-state index contributed by atoms with van der Waals surface area (Å²) in [6, 6.07) is 65.7. The Hall–Kier alpha value is -7.70. The van der Waals surface area contributed by atoms with Gasteiger partial charge in [0, 0.05) is 22.5 Å². The van der Waals surface area contributed by atoms with E-state index in [-0.39, 0.29) is 23.2 Å². The van der Waals surface area contributed by atoms with Crippen molar-refractivity contribution in [2.45, 2.75) is 24.8 Å². The molecule has 6 heteroatoms. The maximum Gasteiger partial charge on any atom is 0.251 e. The van der Waals surface area contributed by atoms with Gasteiger partial charge in [0.1, 0.15) is 16.9 Å². The number of carbonyl (C=O) groups is 2. The van der Waals surface area contributed by atoms with Gasteiger partial charge in [0.2, 0.25) is 0 Å². The number of rotatable bonds is 6. The van der Waals surface area contributed by atoms with Gasteiger partial charge in [-0.15, -0.1) is 0 Å². The number of hydrogen-bond donors (Lipinski definition) is 2. The molecule has 2 heterocycles. The van der Waals surface area contributed by atoms with E-state index in [0.717, 1.165) is 61.7 Å². The highest BCUT2D eigenvalue weighted by atomic mass is 16.3. The first-order chi connectivity index (χ1) is 29.2. The van der Waals surface area contributed by atoms with Crippen LogP contribution in [0, 0.1) is 13.8 Å². The summed E-state index contributed by atoms with van der Waals surface area (Å²) in [6.45, 7) is 4.08. The Balaban J connectivity index is 0.000000154. The number of aromatic hydroxyl groups is 2. The van der Waals surface area contributed by atoms with Gasteiger partial charge in [0.15, 0.2) is 11.3 Å². The number of benzene rings is 8. The average Bonchev–Trinajstić information content (AvgIpc) is 3.71. The molecule has 60 heavy (non-hydrogen) atoms. The molecule has 0 radical (unpaired) electrons. The van der Waals surface area contributed by atoms with Gasteiger partial charge in [-0.2, -0.15) is 0 Å². The number of hydrogen-bond acceptors (Lipinski definition) is 5. The Morgan fingerprint density at radius 1 is 0.417 bits per heavy atom. The molecule has 8 aromatic rings. The van der Waals surface area contributed by atoms with Crippen LogP contribution in [0.2, 0.25) is 0 Å². The topological polar surface area (TPSA) is 81.1 Å². The van der Waals surface area contributed by atoms with E-state index in [1.807, 2.05) is 201 Å². The van der Waals surface area contributed by atoms with E-state index >= 15 is 0 Å². The smallest absolute Gasteiger partial charge is 0.251 e. The zero-order valence-electron chi connectivity index (χ0n) is 33.2. The van der Waals surface area contributed by atoms with E-state index in [1.165, 1.54) is 0 Å². The summed E-state index contributed by atoms with van der Waals surface area (Å²) in [5.41, 5.74) is 8.82. The first-order valence-electron chi connectivity index (χ1n) is 20.0. The summed E-state index contributed by atoms with van der Waals surface area (Å²) in [5, 5.41) is 19.8. The number of aryl methyl sites for hydroxylation is 2. The number of amides is 1. The van der Waals surface area contributed by atoms with E-state index < -0.39 is 11.0 Å². The van der Waals surface area contributed by atoms with Crippen molar-refractivity contribution >= 4 is 34.4 Å². The zero-order chi connectivity index (χ0) is 41.4. The van der Waals surface area contributed by atoms with Gasteiger partial charge >= 0.3 is 0 Å². The predicted molar refractivity (Wildman–Crippen MR) is 239 cm³/mol. The predicted octanol–water partition coefficient (Wildman–Crippen LogP) is 11.7. The van der Waals surface area contributed by atoms with Crippen molar-refractivity contribution in [2.75, 3.05) is 9.80 Å². The third-order valence-electron chi connectivity index (χ3n) is 11.7. The lowest BCUT2D eigenvalue weighted by atomic mass is 9.70. The summed E-state index contributed by atoms with van der Waals surface area (Å²) < 4.78 is 0. The van der Waals surface area contributed by atoms with Gasteiger partial charge in [0.05, 0.1) is 11.4 Å². The van der Waals surface area contributed by atoms with Gasteiger partial charge in [-0.3, -0.25) is 14.5 Å². The van der Waals surface area contributed by atoms with Gasteiger partial charge in [0.25, 0.3) is 5.91 Å². The first-order valence-corrected chi connectivity index (χ1v) is 20.0. The summed E-state index contributed by atoms with van der Waals surface area (Å²) in [7, 11) is 0. The van der Waals surface area contributed by atoms with Crippen molar-refractivity contribution in [3.63, 3.8) is 0 Å². The maximum absolute atomic E-state index is 14.3. The number of nitrogens with zero attached hydrogens (tertiary/aromatic N) is 2. The molecule has 2 N–H and O–H groups in total. The quantitative estimate of drug-likeness (QED) is 0.176. The number of anilines is 4. The van der Waals surface area contributed by atoms with E-state index in [2.05, 4.69) is 4.90 Å². The van der Waals surface area contributed by atoms with Gasteiger partial charge < -0.3 is 15.1 Å². The minimum absolute atomic E-state index is 0.0237. The highest BCUT2D eigenvalue weighted by molar-refractivity contribution is 6.18. The van der Waals surface area contributed by atoms with Crippen LogP contribution in [0.5, 0.6) is 11.5 Å². The number of Topliss-reactive ketones (excluding diaryl/α,β-unsaturated/α-hetero) is 1. The molecule has 1 amide bonds. The minimum Gasteiger partial charge on any atom is -0.508 e. The van der Waals surface area contributed by atoms with E-state index in [1.54, 1.807) is 24.3 Å². The number of phenols is 2. The molecule has 8 aromatic carbocycles. The zero-order valence-corrected chi connectivity index (χ0v) is 33.2. The fourth-order valence-electron chi connectivity index (χ4n) is 8.88. The largest absolute Gasteiger partial charge is 0.508 e. The molecule has 292 valence electrons. The maximum atomic E-state index is 14.3. The fraction of sp³-hybridized carbons (Fsp3) is 0.0741. The highest BCUT2D eigenvalue weighted by Gasteiger charge is 2.55. The fourth-order valence-corrected chi connectivity index (χ4v) is 8.88. The van der Waals surface area contributed by atoms with Crippen LogP contribution in [-0.4, -0.2) is 21.9 Å². The SMILES string of the molecule is Cc1ccc(C2(c3ccc(O)cc3)C(=O)N(c3ccccc3)c3ccccc32)cc1.Cc1ccc(C2(c3ccc(O)cc3)C(=O)c3ccccc3N2c2ccccc2)cc1. The van der Waals surface area contributed by atoms with Crippen molar-refractivity contribution in [3.05, 3.63) is 251 Å². The van der Waals surface area contributed by atoms with Gasteiger partial charge in [-0.05, 0) is 103 Å². The van der Waals surface area contributed by atoms with Crippen LogP contribution in [0.3, 0.4) is 0 Å². The van der Waals surface area contributed by atoms with Crippen molar-refractivity contribution in [1.29, 1.82) is 0 Å². The molecule has 2 atom stereocenters. The normalized spacial score (nSPS) is 17.8. The van der Waals surface area contributed by atoms with Crippen molar-refractivity contribution in [2.24, 2.45) is 0 Å². The second kappa shape index (κ2) is 15.2. The molecule has 2 unspecified atom stereocenters. The standard InChI is InChI=1S/2C27H21NO2/c1-19-11-13-20(14-12-19)27(21-15-17-23(29)18-16-21)24-9-5-6-10-25(24)28(26(27)30)22-7-3-2-4-8-22;1-19-11-13-20(14-12-19)27(21-15-17-23(29)18-16-21)26(30)24-9-5-6-10-25(24)28(27)22-7-3-2-4-8-22/h2*2-18,29H,1H3. The van der Waals surface area contributed by atoms with Crippen LogP contribution in [-0.2, 0) is 15.7 Å². The first kappa shape index (κ1) is 37.9. The molecule has 0 aliphatic carbocycles. The van der Waals surface area contributed by atoms with E-state index in [9.17, 15) is 19.8 Å². The molecule has 2 aliphatic heterocycles. The Morgan fingerprint density at radius 2 is 0.833 bits per heavy atom. The minimum atomic E-state index is -1.06. The Labute approximate surface area is 349 Å². The van der Waals surface area contributed by atoms with E-state index in [0.29, 0.717) is 5.56 Å². The van der Waals surface area contributed by atoms with Crippen molar-refractivity contribution in [3.8, 4) is 11.5 Å². The number of carbonyl (C=O) groups excluding carboxylic acids is 2. The molecule has 0 saturated carbocycles. The molecule has 6 nitrogen and oxygen atoms in total. The third kappa shape index (κ3) is 6.04. The van der Waals surface area contributed by atoms with Gasteiger partial charge in [-0.1, -0.05) is 151 Å². The molecule has 0 fully saturated rings. The lowest BCUT2D eigenvalue weighted by Gasteiger charge is -2.40. The summed E-state index contributed by atoms with van der Waals surface area (Å²) >= 11 is 0. The van der Waals surface area contributed by atoms with Crippen LogP contribution in [0.4, 0.5) is 22.7 Å². The van der Waals surface area contributed by atoms with Crippen LogP contribution in [0.15, 0.2) is 206 Å². The van der Waals surface area contributed by atoms with Crippen LogP contribution < -0.4 is 9.80 Å². The van der Waals surface area contributed by atoms with Crippen molar-refractivity contribution < 1.29 is 19.8 Å². The molecular weight excluding hydrogens is 741 g/mol. The molecule has 0 spiro atoms. The molecular formula is C54H42N2O4. The molecule has 10 rings (SSSR count). The van der Waals surface area contributed by atoms with Gasteiger partial charge in [-0.25, -0.2) is 0 Å². The second-order valence-electron chi connectivity index (χ2n) is 15.3. The summed E-state index contributed by atoms with van der Waals surface area (Å²) in [5.74, 6) is 0.351. The summed E-state index contributed by atoms with van der Waals surface area (Å²) in [4.78, 5) is 32.4. The Kier molecular flexibility index (Phi) is 9.61. The monoisotopic (exact) mass is 782 g/mol. The second-order valence-corrected chi connectivity index (χ2v) is 15.3. The van der Waals surface area contributed by atoms with Crippen LogP contribution in [0.25, 0.3) is 0 Å². The number of ketones is 1. The van der Waals surface area contributed by atoms with E-state index in [4.69, 9.17) is 0 Å². The summed E-state index contributed by atoms with van der Waals surface area (Å²) in [6.07, 6.45) is 0. The average molecular weight is 783 g/mol. The van der Waals surface area contributed by atoms with Crippen molar-refractivity contribution in [1.82, 2.24) is 0 Å². The molecule has 0 saturated heterocycles. The Morgan fingerprint density at radius 3 is 1.38 bits per heavy atom. The third-order valence-corrected chi connectivity index (χ3v) is 11.7. The molecule has 0 bridgehead atoms. The molecule has 2 aliphatic rings. The van der Waals surface area contributed by atoms with Crippen LogP contribution >= 0.6 is 0 Å². The highest BCUT2D eigenvalue weighted by Crippen LogP contribution is 2.54. The number of fused-ring (bicyclic) bond motifs is 2.